The second-order valence-corrected chi connectivity index (χ2v) is 26.4. The highest BCUT2D eigenvalue weighted by Crippen LogP contribution is 2.54. The number of aromatic nitrogens is 3. The maximum absolute atomic E-state index is 15.7. The Balaban J connectivity index is 0.925. The number of halogens is 1. The van der Waals surface area contributed by atoms with Gasteiger partial charge in [-0.2, -0.15) is 0 Å². The number of ether oxygens (including phenoxy) is 5. The number of methoxy groups -OCH3 is 1. The standard InChI is InChI=1S/C65H80FN9O8S/c1-39-54(42-8-11-45(66)12-9-42)55(39)61(76)69-58-60(73-23-28-81-29-24-73)62-68-52(37-84-62)43-10-15-53-49(34-43)51(35-65(3,4)38-83-64(78)57-44-32-47(33-44)75(70-57)63(58)77)59(74(53)25-30-82-48-16-26-80-27-17-48)50-31-41(36-67-56(50)40(2)79-5)7-6-18-71-19-21-72(22-20-71)46-13-14-46/h8-12,15,31,34,36-37,39-40,44,46-48,54-55,57-58,60,70H,13-14,16-30,32-33,35,38H2,1-5H3,(H,69,76)/t39-,40-,44?,47?,54-,55+,57-,58-,60-/m0/s1. The SMILES string of the molecule is CO[C@@H](C)c1ncc(C#CCN2CCN(C3CC3)CC2)cc1-c1c2c3cc(ccc3n1CCOC1CCOCC1)-c1csc(n1)[C@@H](N1CCOCC1)[C@H](NC(=O)[C@@H]1[C@@H](C)[C@H]1c1ccc(F)cc1)C(=O)N1N[C@H](C(=O)OCC(C)(C)C2)C2CC1C2. The summed E-state index contributed by atoms with van der Waals surface area (Å²) >= 11 is 1.48. The Morgan fingerprint density at radius 1 is 0.952 bits per heavy atom. The number of nitrogens with zero attached hydrogens (tertiary/aromatic N) is 7. The van der Waals surface area contributed by atoms with E-state index in [0.29, 0.717) is 83.5 Å². The minimum Gasteiger partial charge on any atom is -0.464 e. The molecule has 2 amide bonds. The third kappa shape index (κ3) is 11.8. The molecule has 14 rings (SSSR count). The van der Waals surface area contributed by atoms with Gasteiger partial charge in [-0.05, 0) is 111 Å². The lowest BCUT2D eigenvalue weighted by Crippen LogP contribution is -2.72. The zero-order valence-electron chi connectivity index (χ0n) is 49.2. The number of hydrogen-bond acceptors (Lipinski definition) is 15. The first-order chi connectivity index (χ1) is 40.8. The van der Waals surface area contributed by atoms with Crippen LogP contribution >= 0.6 is 11.3 Å². The average molecular weight is 1170 g/mol. The van der Waals surface area contributed by atoms with Crippen LogP contribution in [0.2, 0.25) is 0 Å². The monoisotopic (exact) mass is 1170 g/mol. The minimum absolute atomic E-state index is 0.0263. The first-order valence-electron chi connectivity index (χ1n) is 30.7. The summed E-state index contributed by atoms with van der Waals surface area (Å²) in [5.41, 5.74) is 10.9. The molecule has 6 aliphatic heterocycles. The number of cyclic esters (lactones) is 1. The van der Waals surface area contributed by atoms with Crippen LogP contribution in [0.25, 0.3) is 33.4 Å². The molecule has 19 heteroatoms. The Bertz CT molecular complexity index is 3290. The fourth-order valence-corrected chi connectivity index (χ4v) is 15.1. The predicted molar refractivity (Wildman–Crippen MR) is 317 cm³/mol. The van der Waals surface area contributed by atoms with Gasteiger partial charge in [-0.3, -0.25) is 39.1 Å². The molecule has 3 saturated carbocycles. The van der Waals surface area contributed by atoms with Gasteiger partial charge in [0.2, 0.25) is 5.91 Å². The molecule has 8 bridgehead atoms. The molecule has 17 nitrogen and oxygen atoms in total. The topological polar surface area (TPSA) is 165 Å². The van der Waals surface area contributed by atoms with Gasteiger partial charge < -0.3 is 33.6 Å². The van der Waals surface area contributed by atoms with Crippen molar-refractivity contribution in [2.24, 2.45) is 23.2 Å². The number of morpholine rings is 1. The number of thiazole rings is 1. The van der Waals surface area contributed by atoms with E-state index in [-0.39, 0.29) is 60.2 Å². The number of benzene rings is 2. The molecule has 446 valence electrons. The quantitative estimate of drug-likeness (QED) is 0.0878. The highest BCUT2D eigenvalue weighted by Gasteiger charge is 2.56. The van der Waals surface area contributed by atoms with Crippen molar-refractivity contribution in [3.63, 3.8) is 0 Å². The lowest BCUT2D eigenvalue weighted by atomic mass is 9.73. The van der Waals surface area contributed by atoms with E-state index in [1.54, 1.807) is 24.3 Å². The molecule has 5 aromatic rings. The maximum atomic E-state index is 15.7. The van der Waals surface area contributed by atoms with Crippen LogP contribution in [-0.2, 0) is 51.0 Å². The third-order valence-electron chi connectivity index (χ3n) is 19.3. The molecule has 9 heterocycles. The Morgan fingerprint density at radius 3 is 2.46 bits per heavy atom. The van der Waals surface area contributed by atoms with Gasteiger partial charge in [-0.15, -0.1) is 11.3 Å². The smallest absolute Gasteiger partial charge is 0.325 e. The number of hydrazine groups is 1. The minimum atomic E-state index is -1.09. The Labute approximate surface area is 496 Å². The van der Waals surface area contributed by atoms with Gasteiger partial charge in [-0.1, -0.05) is 50.8 Å². The van der Waals surface area contributed by atoms with Crippen LogP contribution in [0.1, 0.15) is 112 Å². The van der Waals surface area contributed by atoms with Gasteiger partial charge in [0.05, 0.1) is 68.3 Å². The predicted octanol–water partition coefficient (Wildman–Crippen LogP) is 7.53. The van der Waals surface area contributed by atoms with Gasteiger partial charge in [0.15, 0.2) is 0 Å². The number of piperazine rings is 1. The average Bonchev–Trinajstić information content (AvgIpc) is 1.87. The molecule has 0 unspecified atom stereocenters. The highest BCUT2D eigenvalue weighted by atomic mass is 32.1. The van der Waals surface area contributed by atoms with Crippen molar-refractivity contribution < 1.29 is 42.5 Å². The number of esters is 1. The van der Waals surface area contributed by atoms with E-state index >= 15 is 4.79 Å². The normalized spacial score (nSPS) is 28.2. The number of rotatable bonds is 13. The van der Waals surface area contributed by atoms with Crippen LogP contribution in [0.5, 0.6) is 0 Å². The first-order valence-corrected chi connectivity index (χ1v) is 31.6. The van der Waals surface area contributed by atoms with Gasteiger partial charge in [0, 0.05) is 129 Å². The van der Waals surface area contributed by atoms with E-state index in [4.69, 9.17) is 33.7 Å². The van der Waals surface area contributed by atoms with E-state index in [1.807, 2.05) is 20.0 Å². The van der Waals surface area contributed by atoms with Gasteiger partial charge in [-0.25, -0.2) is 14.8 Å². The lowest BCUT2D eigenvalue weighted by Gasteiger charge is -2.53. The van der Waals surface area contributed by atoms with E-state index in [9.17, 15) is 14.0 Å². The molecule has 5 saturated heterocycles. The summed E-state index contributed by atoms with van der Waals surface area (Å²) in [7, 11) is 1.72. The second kappa shape index (κ2) is 24.2. The fourth-order valence-electron chi connectivity index (χ4n) is 14.1. The lowest BCUT2D eigenvalue weighted by molar-refractivity contribution is -0.172. The number of carbonyl (C=O) groups excluding carboxylic acids is 3. The summed E-state index contributed by atoms with van der Waals surface area (Å²) in [6, 6.07) is 13.1. The summed E-state index contributed by atoms with van der Waals surface area (Å²) in [6.07, 6.45) is 7.69. The molecule has 84 heavy (non-hydrogen) atoms. The third-order valence-corrected chi connectivity index (χ3v) is 20.2. The van der Waals surface area contributed by atoms with Gasteiger partial charge in [0.1, 0.15) is 22.9 Å². The molecule has 0 spiro atoms. The van der Waals surface area contributed by atoms with Crippen molar-refractivity contribution in [1.82, 2.24) is 45.0 Å². The summed E-state index contributed by atoms with van der Waals surface area (Å²) in [5, 5.41) is 8.69. The van der Waals surface area contributed by atoms with Crippen molar-refractivity contribution in [3.8, 4) is 34.4 Å². The van der Waals surface area contributed by atoms with Gasteiger partial charge >= 0.3 is 5.97 Å². The Hall–Kier alpha value is -5.66. The number of amides is 2. The summed E-state index contributed by atoms with van der Waals surface area (Å²) in [6.45, 7) is 17.6. The molecule has 3 aliphatic carbocycles. The number of hydrogen-bond donors (Lipinski definition) is 2. The van der Waals surface area contributed by atoms with E-state index < -0.39 is 35.4 Å². The largest absolute Gasteiger partial charge is 0.464 e. The van der Waals surface area contributed by atoms with Crippen LogP contribution in [0.3, 0.4) is 0 Å². The molecule has 2 aromatic carbocycles. The van der Waals surface area contributed by atoms with Crippen molar-refractivity contribution in [1.29, 1.82) is 0 Å². The zero-order chi connectivity index (χ0) is 57.8. The highest BCUT2D eigenvalue weighted by molar-refractivity contribution is 7.10. The molecular weight excluding hydrogens is 1090 g/mol. The number of nitrogens with one attached hydrogen (secondary N) is 2. The fraction of sp³-hybridized carbons (Fsp3) is 0.585. The van der Waals surface area contributed by atoms with Crippen molar-refractivity contribution in [3.05, 3.63) is 93.3 Å². The second-order valence-electron chi connectivity index (χ2n) is 25.5. The molecule has 9 aliphatic rings. The molecule has 3 aromatic heterocycles. The number of carbonyl (C=O) groups is 3. The van der Waals surface area contributed by atoms with Crippen LogP contribution in [0, 0.1) is 40.8 Å². The summed E-state index contributed by atoms with van der Waals surface area (Å²) in [4.78, 5) is 63.2. The Morgan fingerprint density at radius 2 is 1.71 bits per heavy atom. The van der Waals surface area contributed by atoms with Crippen molar-refractivity contribution in [2.75, 3.05) is 92.6 Å². The summed E-state index contributed by atoms with van der Waals surface area (Å²) in [5.74, 6) is 5.08. The number of pyridine rings is 1. The van der Waals surface area contributed by atoms with Gasteiger partial charge in [0.25, 0.3) is 5.91 Å². The maximum Gasteiger partial charge on any atom is 0.325 e. The van der Waals surface area contributed by atoms with Crippen LogP contribution in [0.15, 0.2) is 60.1 Å². The van der Waals surface area contributed by atoms with Crippen molar-refractivity contribution in [2.45, 2.75) is 128 Å². The van der Waals surface area contributed by atoms with E-state index in [1.165, 1.54) is 36.3 Å². The molecular formula is C65H80FN9O8S. The first kappa shape index (κ1) is 57.4. The van der Waals surface area contributed by atoms with Crippen LogP contribution in [0.4, 0.5) is 4.39 Å². The van der Waals surface area contributed by atoms with E-state index in [2.05, 4.69) is 85.3 Å². The zero-order valence-corrected chi connectivity index (χ0v) is 50.0. The molecule has 2 N–H and O–H groups in total. The molecule has 0 radical (unpaired) electrons. The molecule has 7 atom stereocenters. The van der Waals surface area contributed by atoms with Crippen LogP contribution < -0.4 is 10.7 Å². The summed E-state index contributed by atoms with van der Waals surface area (Å²) < 4.78 is 47.4. The van der Waals surface area contributed by atoms with E-state index in [0.717, 1.165) is 101 Å². The van der Waals surface area contributed by atoms with Crippen LogP contribution in [-0.4, -0.2) is 175 Å². The molecule has 8 fully saturated rings. The van der Waals surface area contributed by atoms with Crippen molar-refractivity contribution >= 4 is 40.0 Å². The Kier molecular flexibility index (Phi) is 16.6. The number of fused-ring (bicyclic) bond motifs is 4.